The summed E-state index contributed by atoms with van der Waals surface area (Å²) in [5, 5.41) is 61.0. The van der Waals surface area contributed by atoms with Gasteiger partial charge in [-0.1, -0.05) is 0 Å². The molecule has 5 atom stereocenters. The van der Waals surface area contributed by atoms with E-state index >= 15 is 0 Å². The van der Waals surface area contributed by atoms with E-state index in [0.717, 1.165) is 6.92 Å². The van der Waals surface area contributed by atoms with Crippen LogP contribution in [0.3, 0.4) is 0 Å². The van der Waals surface area contributed by atoms with E-state index < -0.39 is 60.6 Å². The number of carbonyl (C=O) groups excluding carboxylic acids is 3. The van der Waals surface area contributed by atoms with Crippen LogP contribution in [0.25, 0.3) is 0 Å². The van der Waals surface area contributed by atoms with Crippen LogP contribution in [0.15, 0.2) is 18.2 Å². The van der Waals surface area contributed by atoms with Gasteiger partial charge >= 0.3 is 5.97 Å². The maximum absolute atomic E-state index is 13.6. The maximum atomic E-state index is 13.6. The molecule has 12 heteroatoms. The Bertz CT molecular complexity index is 1300. The molecule has 0 aromatic heterocycles. The quantitative estimate of drug-likeness (QED) is 0.127. The van der Waals surface area contributed by atoms with Crippen molar-refractivity contribution in [1.29, 1.82) is 0 Å². The molecule has 2 aliphatic rings. The van der Waals surface area contributed by atoms with Crippen LogP contribution in [0.4, 0.5) is 0 Å². The number of phenols is 1. The summed E-state index contributed by atoms with van der Waals surface area (Å²) in [5.41, 5.74) is -0.744. The SMILES string of the molecule is CC(=O)Oc1cc(CO)c2c(c1)C(=O)c1cc(O[C@H]3O[C@@H](C)[C@@H](O)[C@@H](O)[C@H]3O)c(CCCCO)c(O)c1C2=O. The number of ketones is 2. The summed E-state index contributed by atoms with van der Waals surface area (Å²) in [5.74, 6) is -2.88. The van der Waals surface area contributed by atoms with Crippen LogP contribution in [0.5, 0.6) is 17.2 Å². The second-order valence-corrected chi connectivity index (χ2v) is 9.52. The Kier molecular flexibility index (Phi) is 8.35. The van der Waals surface area contributed by atoms with Crippen molar-refractivity contribution in [2.45, 2.75) is 70.4 Å². The van der Waals surface area contributed by atoms with Crippen LogP contribution in [0.2, 0.25) is 0 Å². The number of benzene rings is 2. The molecule has 2 aromatic carbocycles. The third-order valence-corrected chi connectivity index (χ3v) is 6.82. The molecule has 6 N–H and O–H groups in total. The first kappa shape index (κ1) is 28.6. The molecule has 210 valence electrons. The van der Waals surface area contributed by atoms with Crippen LogP contribution < -0.4 is 9.47 Å². The van der Waals surface area contributed by atoms with Gasteiger partial charge in [-0.05, 0) is 49.9 Å². The molecule has 1 aliphatic heterocycles. The molecule has 0 bridgehead atoms. The van der Waals surface area contributed by atoms with Crippen LogP contribution >= 0.6 is 0 Å². The van der Waals surface area contributed by atoms with E-state index in [2.05, 4.69) is 0 Å². The van der Waals surface area contributed by atoms with Crippen molar-refractivity contribution in [3.63, 3.8) is 0 Å². The number of rotatable bonds is 8. The van der Waals surface area contributed by atoms with Gasteiger partial charge in [-0.2, -0.15) is 0 Å². The van der Waals surface area contributed by atoms with Gasteiger partial charge in [0.25, 0.3) is 0 Å². The van der Waals surface area contributed by atoms with Gasteiger partial charge in [0.1, 0.15) is 35.6 Å². The fourth-order valence-electron chi connectivity index (χ4n) is 4.83. The molecule has 1 saturated heterocycles. The number of carbonyl (C=O) groups is 3. The number of hydrogen-bond donors (Lipinski definition) is 6. The fraction of sp³-hybridized carbons (Fsp3) is 0.444. The van der Waals surface area contributed by atoms with Gasteiger partial charge in [0.15, 0.2) is 11.6 Å². The van der Waals surface area contributed by atoms with Gasteiger partial charge in [0, 0.05) is 35.8 Å². The normalized spacial score (nSPS) is 24.2. The van der Waals surface area contributed by atoms with Crippen molar-refractivity contribution in [3.8, 4) is 17.2 Å². The molecule has 1 fully saturated rings. The highest BCUT2D eigenvalue weighted by Gasteiger charge is 2.44. The lowest BCUT2D eigenvalue weighted by Gasteiger charge is -2.39. The van der Waals surface area contributed by atoms with Crippen molar-refractivity contribution in [3.05, 3.63) is 51.6 Å². The fourth-order valence-corrected chi connectivity index (χ4v) is 4.83. The van der Waals surface area contributed by atoms with E-state index in [-0.39, 0.29) is 57.9 Å². The standard InChI is InChI=1S/C27H30O12/c1-11-21(31)25(35)26(36)27(37-11)39-18-9-17-20(23(33)15(18)5-3-4-6-28)24(34)19-13(10-29)7-14(38-12(2)30)8-16(19)22(17)32/h7-9,11,21,25-29,31,33,35-36H,3-6,10H2,1-2H3/t11-,21+,25+,26+,27+/m0/s1. The lowest BCUT2D eigenvalue weighted by molar-refractivity contribution is -0.268. The minimum Gasteiger partial charge on any atom is -0.507 e. The Morgan fingerprint density at radius 3 is 2.28 bits per heavy atom. The molecule has 0 amide bonds. The van der Waals surface area contributed by atoms with Gasteiger partial charge < -0.3 is 44.8 Å². The first-order chi connectivity index (χ1) is 18.5. The Balaban J connectivity index is 1.84. The topological polar surface area (TPSA) is 200 Å². The van der Waals surface area contributed by atoms with Crippen LogP contribution in [0, 0.1) is 0 Å². The highest BCUT2D eigenvalue weighted by molar-refractivity contribution is 6.30. The van der Waals surface area contributed by atoms with Crippen molar-refractivity contribution in [1.82, 2.24) is 0 Å². The molecule has 1 aliphatic carbocycles. The zero-order valence-corrected chi connectivity index (χ0v) is 21.3. The summed E-state index contributed by atoms with van der Waals surface area (Å²) < 4.78 is 16.4. The van der Waals surface area contributed by atoms with Gasteiger partial charge in [0.2, 0.25) is 6.29 Å². The van der Waals surface area contributed by atoms with E-state index in [1.54, 1.807) is 0 Å². The van der Waals surface area contributed by atoms with Crippen LogP contribution in [-0.2, 0) is 22.6 Å². The summed E-state index contributed by atoms with van der Waals surface area (Å²) in [4.78, 5) is 38.7. The number of phenolic OH excluding ortho intramolecular Hbond substituents is 1. The van der Waals surface area contributed by atoms with Crippen molar-refractivity contribution < 1.29 is 59.2 Å². The number of ether oxygens (including phenoxy) is 3. The lowest BCUT2D eigenvalue weighted by atomic mass is 9.80. The lowest BCUT2D eigenvalue weighted by Crippen LogP contribution is -2.58. The maximum Gasteiger partial charge on any atom is 0.308 e. The Labute approximate surface area is 223 Å². The molecule has 0 unspecified atom stereocenters. The zero-order chi connectivity index (χ0) is 28.6. The van der Waals surface area contributed by atoms with Gasteiger partial charge in [-0.25, -0.2) is 0 Å². The Morgan fingerprint density at radius 1 is 0.949 bits per heavy atom. The zero-order valence-electron chi connectivity index (χ0n) is 21.3. The summed E-state index contributed by atoms with van der Waals surface area (Å²) in [7, 11) is 0. The van der Waals surface area contributed by atoms with Crippen LogP contribution in [0.1, 0.15) is 69.7 Å². The largest absolute Gasteiger partial charge is 0.507 e. The predicted molar refractivity (Wildman–Crippen MR) is 132 cm³/mol. The number of hydrogen-bond acceptors (Lipinski definition) is 12. The summed E-state index contributed by atoms with van der Waals surface area (Å²) in [6.45, 7) is 1.82. The smallest absolute Gasteiger partial charge is 0.308 e. The number of aliphatic hydroxyl groups is 5. The number of esters is 1. The molecule has 1 heterocycles. The Hall–Kier alpha value is -3.39. The first-order valence-electron chi connectivity index (χ1n) is 12.4. The molecule has 0 saturated carbocycles. The van der Waals surface area contributed by atoms with Crippen molar-refractivity contribution >= 4 is 17.5 Å². The molecular formula is C27H30O12. The first-order valence-corrected chi connectivity index (χ1v) is 12.4. The van der Waals surface area contributed by atoms with Gasteiger partial charge in [-0.15, -0.1) is 0 Å². The Morgan fingerprint density at radius 2 is 1.64 bits per heavy atom. The molecule has 0 spiro atoms. The van der Waals surface area contributed by atoms with E-state index in [1.807, 2.05) is 0 Å². The average Bonchev–Trinajstić information content (AvgIpc) is 2.89. The van der Waals surface area contributed by atoms with Crippen molar-refractivity contribution in [2.75, 3.05) is 6.61 Å². The second kappa shape index (κ2) is 11.4. The number of aromatic hydroxyl groups is 1. The molecule has 2 aromatic rings. The van der Waals surface area contributed by atoms with Crippen LogP contribution in [-0.4, -0.2) is 85.5 Å². The van der Waals surface area contributed by atoms with E-state index in [4.69, 9.17) is 14.2 Å². The minimum atomic E-state index is -1.68. The average molecular weight is 547 g/mol. The van der Waals surface area contributed by atoms with Crippen molar-refractivity contribution in [2.24, 2.45) is 0 Å². The molecule has 12 nitrogen and oxygen atoms in total. The third kappa shape index (κ3) is 5.26. The molecule has 0 radical (unpaired) electrons. The summed E-state index contributed by atoms with van der Waals surface area (Å²) in [6.07, 6.45) is -6.28. The molecule has 4 rings (SSSR count). The third-order valence-electron chi connectivity index (χ3n) is 6.82. The van der Waals surface area contributed by atoms with Gasteiger partial charge in [0.05, 0.1) is 18.3 Å². The monoisotopic (exact) mass is 546 g/mol. The highest BCUT2D eigenvalue weighted by Crippen LogP contribution is 2.43. The molecule has 39 heavy (non-hydrogen) atoms. The second-order valence-electron chi connectivity index (χ2n) is 9.52. The van der Waals surface area contributed by atoms with Gasteiger partial charge in [-0.3, -0.25) is 14.4 Å². The van der Waals surface area contributed by atoms with E-state index in [1.165, 1.54) is 25.1 Å². The van der Waals surface area contributed by atoms with E-state index in [0.29, 0.717) is 12.8 Å². The number of aliphatic hydroxyl groups excluding tert-OH is 5. The summed E-state index contributed by atoms with van der Waals surface area (Å²) in [6, 6.07) is 3.66. The predicted octanol–water partition coefficient (Wildman–Crippen LogP) is 0.106. The number of unbranched alkanes of at least 4 members (excludes halogenated alkanes) is 1. The highest BCUT2D eigenvalue weighted by atomic mass is 16.7. The molecular weight excluding hydrogens is 516 g/mol. The van der Waals surface area contributed by atoms with E-state index in [9.17, 15) is 45.0 Å². The number of fused-ring (bicyclic) bond motifs is 2. The summed E-state index contributed by atoms with van der Waals surface area (Å²) >= 11 is 0. The minimum absolute atomic E-state index is 0.0227.